The molecule has 0 saturated carbocycles. The number of rotatable bonds is 9. The summed E-state index contributed by atoms with van der Waals surface area (Å²) in [5, 5.41) is 8.84. The SMILES string of the molecule is CCOP(=O)(Cc1ccc(C[C@H]([NH3+])C(=O)O)cc1)OCC. The first-order valence-corrected chi connectivity index (χ1v) is 8.64. The lowest BCUT2D eigenvalue weighted by molar-refractivity contribution is -0.407. The van der Waals surface area contributed by atoms with E-state index in [0.717, 1.165) is 11.1 Å². The molecule has 1 aromatic carbocycles. The number of aliphatic carboxylic acids is 1. The quantitative estimate of drug-likeness (QED) is 0.675. The molecule has 0 unspecified atom stereocenters. The average Bonchev–Trinajstić information content (AvgIpc) is 2.41. The Balaban J connectivity index is 2.73. The van der Waals surface area contributed by atoms with Crippen molar-refractivity contribution in [2.75, 3.05) is 13.2 Å². The molecule has 6 nitrogen and oxygen atoms in total. The van der Waals surface area contributed by atoms with Gasteiger partial charge in [-0.05, 0) is 25.0 Å². The minimum atomic E-state index is -3.11. The third-order valence-electron chi connectivity index (χ3n) is 2.88. The highest BCUT2D eigenvalue weighted by Gasteiger charge is 2.24. The van der Waals surface area contributed by atoms with E-state index in [-0.39, 0.29) is 6.16 Å². The van der Waals surface area contributed by atoms with E-state index in [4.69, 9.17) is 14.2 Å². The van der Waals surface area contributed by atoms with E-state index in [0.29, 0.717) is 19.6 Å². The van der Waals surface area contributed by atoms with Crippen molar-refractivity contribution in [3.8, 4) is 0 Å². The summed E-state index contributed by atoms with van der Waals surface area (Å²) in [4.78, 5) is 10.8. The van der Waals surface area contributed by atoms with E-state index in [1.165, 1.54) is 0 Å². The maximum atomic E-state index is 12.4. The summed E-state index contributed by atoms with van der Waals surface area (Å²) >= 11 is 0. The zero-order valence-corrected chi connectivity index (χ0v) is 13.3. The standard InChI is InChI=1S/C14H22NO5P/c1-3-19-21(18,20-4-2)10-12-7-5-11(6-8-12)9-13(15)14(16)17/h5-8,13H,3-4,9-10,15H2,1-2H3,(H,16,17)/p+1/t13-/m0/s1. The largest absolute Gasteiger partial charge is 0.477 e. The minimum Gasteiger partial charge on any atom is -0.477 e. The summed E-state index contributed by atoms with van der Waals surface area (Å²) in [6, 6.07) is 6.59. The normalized spacial score (nSPS) is 13.1. The highest BCUT2D eigenvalue weighted by atomic mass is 31.2. The van der Waals surface area contributed by atoms with Crippen LogP contribution >= 0.6 is 7.60 Å². The van der Waals surface area contributed by atoms with Crippen LogP contribution in [0, 0.1) is 0 Å². The first kappa shape index (κ1) is 17.9. The van der Waals surface area contributed by atoms with Crippen LogP contribution in [0.25, 0.3) is 0 Å². The van der Waals surface area contributed by atoms with Gasteiger partial charge in [-0.2, -0.15) is 0 Å². The predicted molar refractivity (Wildman–Crippen MR) is 79.0 cm³/mol. The van der Waals surface area contributed by atoms with Crippen molar-refractivity contribution < 1.29 is 29.2 Å². The molecule has 0 saturated heterocycles. The molecule has 1 rings (SSSR count). The highest BCUT2D eigenvalue weighted by molar-refractivity contribution is 7.53. The summed E-state index contributed by atoms with van der Waals surface area (Å²) in [6.07, 6.45) is 0.575. The Morgan fingerprint density at radius 1 is 1.19 bits per heavy atom. The molecule has 0 aliphatic rings. The Kier molecular flexibility index (Phi) is 7.05. The zero-order chi connectivity index (χ0) is 15.9. The topological polar surface area (TPSA) is 100 Å². The van der Waals surface area contributed by atoms with Crippen LogP contribution in [0.1, 0.15) is 25.0 Å². The lowest BCUT2D eigenvalue weighted by atomic mass is 10.1. The molecule has 0 radical (unpaired) electrons. The Hall–Kier alpha value is -1.20. The number of quaternary nitrogens is 1. The molecule has 4 N–H and O–H groups in total. The van der Waals surface area contributed by atoms with Crippen LogP contribution in [-0.4, -0.2) is 30.3 Å². The molecule has 0 aliphatic carbocycles. The molecule has 1 atom stereocenters. The minimum absolute atomic E-state index is 0.210. The third-order valence-corrected chi connectivity index (χ3v) is 4.94. The molecule has 0 bridgehead atoms. The number of hydrogen-bond acceptors (Lipinski definition) is 4. The number of hydrogen-bond donors (Lipinski definition) is 2. The molecule has 0 amide bonds. The fourth-order valence-electron chi connectivity index (χ4n) is 1.90. The van der Waals surface area contributed by atoms with E-state index < -0.39 is 19.6 Å². The third kappa shape index (κ3) is 5.98. The van der Waals surface area contributed by atoms with Crippen LogP contribution in [0.15, 0.2) is 24.3 Å². The van der Waals surface area contributed by atoms with Crippen molar-refractivity contribution in [2.45, 2.75) is 32.5 Å². The lowest BCUT2D eigenvalue weighted by Gasteiger charge is -2.17. The van der Waals surface area contributed by atoms with Gasteiger partial charge in [0, 0.05) is 6.42 Å². The second kappa shape index (κ2) is 8.29. The van der Waals surface area contributed by atoms with Gasteiger partial charge >= 0.3 is 13.6 Å². The molecule has 118 valence electrons. The van der Waals surface area contributed by atoms with Crippen molar-refractivity contribution in [3.63, 3.8) is 0 Å². The second-order valence-electron chi connectivity index (χ2n) is 4.66. The number of carboxylic acid groups (broad SMARTS) is 1. The molecular weight excluding hydrogens is 293 g/mol. The van der Waals surface area contributed by atoms with Crippen molar-refractivity contribution in [2.24, 2.45) is 0 Å². The van der Waals surface area contributed by atoms with Crippen LogP contribution in [0.3, 0.4) is 0 Å². The van der Waals surface area contributed by atoms with E-state index in [1.807, 2.05) is 24.3 Å². The molecule has 0 spiro atoms. The van der Waals surface area contributed by atoms with Crippen LogP contribution in [0.5, 0.6) is 0 Å². The Labute approximate surface area is 124 Å². The maximum absolute atomic E-state index is 12.4. The Morgan fingerprint density at radius 2 is 1.67 bits per heavy atom. The van der Waals surface area contributed by atoms with Crippen LogP contribution in [0.2, 0.25) is 0 Å². The van der Waals surface area contributed by atoms with Crippen molar-refractivity contribution in [1.29, 1.82) is 0 Å². The summed E-state index contributed by atoms with van der Waals surface area (Å²) in [7, 11) is -3.11. The van der Waals surface area contributed by atoms with Crippen LogP contribution < -0.4 is 5.73 Å². The molecule has 7 heteroatoms. The summed E-state index contributed by atoms with van der Waals surface area (Å²) in [5.74, 6) is -0.920. The smallest absolute Gasteiger partial charge is 0.362 e. The van der Waals surface area contributed by atoms with E-state index >= 15 is 0 Å². The fraction of sp³-hybridized carbons (Fsp3) is 0.500. The van der Waals surface area contributed by atoms with Gasteiger partial charge in [0.2, 0.25) is 0 Å². The van der Waals surface area contributed by atoms with Gasteiger partial charge in [-0.3, -0.25) is 4.57 Å². The predicted octanol–water partition coefficient (Wildman–Crippen LogP) is 1.69. The summed E-state index contributed by atoms with van der Waals surface area (Å²) in [5.41, 5.74) is 5.29. The summed E-state index contributed by atoms with van der Waals surface area (Å²) in [6.45, 7) is 4.21. The van der Waals surface area contributed by atoms with Gasteiger partial charge < -0.3 is 19.9 Å². The van der Waals surface area contributed by atoms with Gasteiger partial charge in [0.05, 0.1) is 19.4 Å². The van der Waals surface area contributed by atoms with Crippen LogP contribution in [-0.2, 0) is 31.0 Å². The van der Waals surface area contributed by atoms with Gasteiger partial charge in [0.25, 0.3) is 0 Å². The zero-order valence-electron chi connectivity index (χ0n) is 12.4. The number of carboxylic acids is 1. The first-order valence-electron chi connectivity index (χ1n) is 6.92. The number of carbonyl (C=O) groups is 1. The highest BCUT2D eigenvalue weighted by Crippen LogP contribution is 2.51. The maximum Gasteiger partial charge on any atom is 0.362 e. The Bertz CT molecular complexity index is 493. The molecule has 1 aromatic rings. The van der Waals surface area contributed by atoms with Gasteiger partial charge in [0.1, 0.15) is 0 Å². The second-order valence-corrected chi connectivity index (χ2v) is 6.71. The molecular formula is C14H23NO5P+. The molecule has 0 heterocycles. The van der Waals surface area contributed by atoms with Gasteiger partial charge in [-0.1, -0.05) is 24.3 Å². The van der Waals surface area contributed by atoms with E-state index in [1.54, 1.807) is 13.8 Å². The fourth-order valence-corrected chi connectivity index (χ4v) is 3.60. The molecule has 0 aromatic heterocycles. The Morgan fingerprint density at radius 3 is 2.10 bits per heavy atom. The lowest BCUT2D eigenvalue weighted by Crippen LogP contribution is -2.65. The van der Waals surface area contributed by atoms with Crippen molar-refractivity contribution in [1.82, 2.24) is 0 Å². The molecule has 21 heavy (non-hydrogen) atoms. The average molecular weight is 316 g/mol. The van der Waals surface area contributed by atoms with Gasteiger partial charge in [0.15, 0.2) is 6.04 Å². The van der Waals surface area contributed by atoms with Gasteiger partial charge in [-0.25, -0.2) is 4.79 Å². The summed E-state index contributed by atoms with van der Waals surface area (Å²) < 4.78 is 22.9. The van der Waals surface area contributed by atoms with Crippen molar-refractivity contribution in [3.05, 3.63) is 35.4 Å². The molecule has 0 aliphatic heterocycles. The van der Waals surface area contributed by atoms with E-state index in [2.05, 4.69) is 5.73 Å². The molecule has 0 fully saturated rings. The first-order chi connectivity index (χ1) is 9.90. The van der Waals surface area contributed by atoms with E-state index in [9.17, 15) is 9.36 Å². The monoisotopic (exact) mass is 316 g/mol. The number of benzene rings is 1. The van der Waals surface area contributed by atoms with Crippen molar-refractivity contribution >= 4 is 13.6 Å². The van der Waals surface area contributed by atoms with Gasteiger partial charge in [-0.15, -0.1) is 0 Å². The van der Waals surface area contributed by atoms with Crippen LogP contribution in [0.4, 0.5) is 0 Å².